The Balaban J connectivity index is 0.000000886. The molecule has 5 rings (SSSR count). The topological polar surface area (TPSA) is 71.0 Å². The van der Waals surface area contributed by atoms with E-state index in [1.165, 1.54) is 30.5 Å². The minimum Gasteiger partial charge on any atom is -0.539 e. The van der Waals surface area contributed by atoms with Crippen molar-refractivity contribution < 1.29 is 28.2 Å². The standard InChI is InChI=1S/C22H21F2N2.C6H5NO2.3C2H6.Sr/c1-4-22(5-2)19-12-17(24)10-11-18(19)21-20(25-14(3)13-26(21)22)15-6-8-16(23)9-7-15;8-6(9)5-3-1-2-4-7-5;3*1-2;/h6-13H,4-5H2,1-3H3;1-4H,(H,8,9);3*1-2H3;/q+1;;;;;+2. The zero-order valence-corrected chi connectivity index (χ0v) is 30.0. The molecule has 0 unspecified atom stereocenters. The van der Waals surface area contributed by atoms with Crippen LogP contribution in [0.4, 0.5) is 8.78 Å². The van der Waals surface area contributed by atoms with Crippen molar-refractivity contribution >= 4 is 51.5 Å². The quantitative estimate of drug-likeness (QED) is 0.182. The van der Waals surface area contributed by atoms with E-state index in [9.17, 15) is 18.7 Å². The summed E-state index contributed by atoms with van der Waals surface area (Å²) < 4.78 is 29.7. The first-order valence-electron chi connectivity index (χ1n) is 14.5. The molecule has 8 heteroatoms. The average molecular weight is 652 g/mol. The maximum Gasteiger partial charge on any atom is 2.00 e. The Labute approximate surface area is 287 Å². The summed E-state index contributed by atoms with van der Waals surface area (Å²) in [6, 6.07) is 16.2. The number of pyridine rings is 1. The number of fused-ring (bicyclic) bond motifs is 3. The molecule has 0 amide bonds. The number of carboxylic acids is 1. The monoisotopic (exact) mass is 652 g/mol. The van der Waals surface area contributed by atoms with Crippen LogP contribution in [0.25, 0.3) is 22.5 Å². The number of rotatable bonds is 4. The van der Waals surface area contributed by atoms with E-state index in [-0.39, 0.29) is 68.3 Å². The number of nitrogens with one attached hydrogen (secondary N) is 1. The first kappa shape index (κ1) is 39.5. The zero-order valence-electron chi connectivity index (χ0n) is 26.5. The van der Waals surface area contributed by atoms with Crippen molar-refractivity contribution in [1.82, 2.24) is 4.98 Å². The fourth-order valence-corrected chi connectivity index (χ4v) is 4.76. The first-order chi connectivity index (χ1) is 19.8. The third kappa shape index (κ3) is 8.99. The molecule has 220 valence electrons. The molecule has 1 N–H and O–H groups in total. The molecule has 4 aromatic rings. The number of aromatic amines is 1. The van der Waals surface area contributed by atoms with E-state index in [0.29, 0.717) is 0 Å². The number of H-pyrrole nitrogens is 1. The summed E-state index contributed by atoms with van der Waals surface area (Å²) in [5.74, 6) is -1.68. The van der Waals surface area contributed by atoms with Gasteiger partial charge in [0.05, 0.1) is 5.56 Å². The van der Waals surface area contributed by atoms with Crippen molar-refractivity contribution in [2.24, 2.45) is 0 Å². The van der Waals surface area contributed by atoms with Gasteiger partial charge in [0.15, 0.2) is 17.9 Å². The Kier molecular flexibility index (Phi) is 18.4. The van der Waals surface area contributed by atoms with Gasteiger partial charge in [0.1, 0.15) is 29.0 Å². The molecule has 0 saturated carbocycles. The van der Waals surface area contributed by atoms with Crippen LogP contribution in [0.1, 0.15) is 90.0 Å². The van der Waals surface area contributed by atoms with E-state index in [1.807, 2.05) is 60.7 Å². The van der Waals surface area contributed by atoms with Crippen molar-refractivity contribution in [3.63, 3.8) is 0 Å². The molecule has 1 aliphatic rings. The largest absolute Gasteiger partial charge is 2.00 e. The number of aromatic nitrogens is 3. The second-order valence-electron chi connectivity index (χ2n) is 8.45. The van der Waals surface area contributed by atoms with Crippen LogP contribution in [-0.4, -0.2) is 56.4 Å². The summed E-state index contributed by atoms with van der Waals surface area (Å²) in [6.45, 7) is 18.2. The average Bonchev–Trinajstić information content (AvgIpc) is 3.29. The molecule has 2 aromatic heterocycles. The molecule has 1 aliphatic heterocycles. The van der Waals surface area contributed by atoms with E-state index in [0.717, 1.165) is 46.6 Å². The van der Waals surface area contributed by atoms with Crippen LogP contribution >= 0.6 is 0 Å². The van der Waals surface area contributed by atoms with Gasteiger partial charge in [0.2, 0.25) is 11.4 Å². The summed E-state index contributed by atoms with van der Waals surface area (Å²) in [7, 11) is 0. The maximum absolute atomic E-state index is 14.1. The molecule has 0 atom stereocenters. The molecule has 0 bridgehead atoms. The Bertz CT molecular complexity index is 1380. The number of aryl methyl sites for hydroxylation is 1. The van der Waals surface area contributed by atoms with Gasteiger partial charge in [-0.1, -0.05) is 55.4 Å². The van der Waals surface area contributed by atoms with Crippen LogP contribution in [0, 0.1) is 18.6 Å². The number of carbonyl (C=O) groups excluding carboxylic acids is 1. The Morgan fingerprint density at radius 1 is 0.905 bits per heavy atom. The predicted molar refractivity (Wildman–Crippen MR) is 165 cm³/mol. The van der Waals surface area contributed by atoms with Crippen LogP contribution in [0.2, 0.25) is 0 Å². The smallest absolute Gasteiger partial charge is 0.539 e. The van der Waals surface area contributed by atoms with Gasteiger partial charge in [-0.05, 0) is 55.5 Å². The molecule has 0 saturated heterocycles. The number of aromatic carboxylic acids is 1. The SMILES string of the molecule is CC.CC.CC.CCC1(CC)c2cc(F)ccc2-c2c(-c3ccc(F)cc3)nc(C)c[n+]21.O=C([O-])c1cccc[nH+]1.[Sr+2]. The van der Waals surface area contributed by atoms with Gasteiger partial charge in [-0.3, -0.25) is 0 Å². The minimum atomic E-state index is -1.18. The van der Waals surface area contributed by atoms with E-state index < -0.39 is 5.97 Å². The van der Waals surface area contributed by atoms with Gasteiger partial charge in [-0.2, -0.15) is 4.57 Å². The van der Waals surface area contributed by atoms with E-state index >= 15 is 0 Å². The number of carbonyl (C=O) groups is 1. The third-order valence-corrected chi connectivity index (χ3v) is 6.48. The summed E-state index contributed by atoms with van der Waals surface area (Å²) in [5.41, 5.74) is 5.32. The predicted octanol–water partition coefficient (Wildman–Crippen LogP) is 6.73. The molecule has 0 aliphatic carbocycles. The number of carboxylic acid groups (broad SMARTS) is 1. The Hall–Kier alpha value is -2.52. The number of hydrogen-bond acceptors (Lipinski definition) is 3. The molecule has 0 radical (unpaired) electrons. The van der Waals surface area contributed by atoms with Crippen LogP contribution < -0.4 is 14.7 Å². The molecule has 3 heterocycles. The maximum atomic E-state index is 14.1. The number of benzene rings is 2. The summed E-state index contributed by atoms with van der Waals surface area (Å²) >= 11 is 0. The Morgan fingerprint density at radius 2 is 1.48 bits per heavy atom. The molecule has 42 heavy (non-hydrogen) atoms. The van der Waals surface area contributed by atoms with Crippen molar-refractivity contribution in [2.45, 2.75) is 80.7 Å². The van der Waals surface area contributed by atoms with Crippen molar-refractivity contribution in [3.05, 3.63) is 102 Å². The number of nitrogens with zero attached hydrogens (tertiary/aromatic N) is 2. The normalized spacial score (nSPS) is 11.1. The van der Waals surface area contributed by atoms with Gasteiger partial charge in [0.25, 0.3) is 0 Å². The summed E-state index contributed by atoms with van der Waals surface area (Å²) in [4.78, 5) is 17.3. The van der Waals surface area contributed by atoms with Gasteiger partial charge in [0, 0.05) is 36.1 Å². The second-order valence-corrected chi connectivity index (χ2v) is 8.45. The third-order valence-electron chi connectivity index (χ3n) is 6.48. The van der Waals surface area contributed by atoms with Crippen molar-refractivity contribution in [3.8, 4) is 22.5 Å². The fraction of sp³-hybridized carbons (Fsp3) is 0.353. The zero-order chi connectivity index (χ0) is 31.2. The van der Waals surface area contributed by atoms with Crippen molar-refractivity contribution in [1.29, 1.82) is 0 Å². The van der Waals surface area contributed by atoms with Crippen LogP contribution in [0.5, 0.6) is 0 Å². The van der Waals surface area contributed by atoms with Crippen LogP contribution in [0.15, 0.2) is 73.1 Å². The van der Waals surface area contributed by atoms with Crippen molar-refractivity contribution in [2.75, 3.05) is 0 Å². The van der Waals surface area contributed by atoms with Crippen LogP contribution in [-0.2, 0) is 5.54 Å². The summed E-state index contributed by atoms with van der Waals surface area (Å²) in [6.07, 6.45) is 5.28. The van der Waals surface area contributed by atoms with Gasteiger partial charge in [-0.15, -0.1) is 0 Å². The molecule has 0 spiro atoms. The molecular formula is C34H44F2N3O2Sr+3. The summed E-state index contributed by atoms with van der Waals surface area (Å²) in [5, 5.41) is 10.1. The molecule has 0 fully saturated rings. The van der Waals surface area contributed by atoms with Gasteiger partial charge >= 0.3 is 45.5 Å². The second kappa shape index (κ2) is 19.6. The van der Waals surface area contributed by atoms with E-state index in [4.69, 9.17) is 4.98 Å². The number of halogens is 2. The minimum absolute atomic E-state index is 0. The first-order valence-corrected chi connectivity index (χ1v) is 14.5. The van der Waals surface area contributed by atoms with Gasteiger partial charge < -0.3 is 9.90 Å². The van der Waals surface area contributed by atoms with Crippen LogP contribution in [0.3, 0.4) is 0 Å². The van der Waals surface area contributed by atoms with Gasteiger partial charge in [-0.25, -0.2) is 18.7 Å². The fourth-order valence-electron chi connectivity index (χ4n) is 4.76. The number of hydrogen-bond donors (Lipinski definition) is 0. The molecule has 5 nitrogen and oxygen atoms in total. The Morgan fingerprint density at radius 3 is 1.95 bits per heavy atom. The van der Waals surface area contributed by atoms with E-state index in [2.05, 4.69) is 23.4 Å². The molecular weight excluding hydrogens is 608 g/mol. The molecule has 2 aromatic carbocycles. The van der Waals surface area contributed by atoms with E-state index in [1.54, 1.807) is 30.3 Å².